The number of aliphatic hydroxyl groups is 1. The van der Waals surface area contributed by atoms with Gasteiger partial charge in [0.15, 0.2) is 0 Å². The van der Waals surface area contributed by atoms with E-state index < -0.39 is 6.10 Å². The van der Waals surface area contributed by atoms with E-state index in [1.165, 1.54) is 38.7 Å². The Hall–Kier alpha value is -0.0800. The van der Waals surface area contributed by atoms with Gasteiger partial charge in [0, 0.05) is 6.61 Å². The number of hydrogen-bond donors (Lipinski definition) is 1. The van der Waals surface area contributed by atoms with Crippen molar-refractivity contribution in [3.63, 3.8) is 0 Å². The van der Waals surface area contributed by atoms with Gasteiger partial charge in [0.2, 0.25) is 0 Å². The molecule has 1 atom stereocenters. The summed E-state index contributed by atoms with van der Waals surface area (Å²) in [4.78, 5) is 0. The second-order valence-electron chi connectivity index (χ2n) is 3.52. The summed E-state index contributed by atoms with van der Waals surface area (Å²) in [6.45, 7) is 6.16. The van der Waals surface area contributed by atoms with Gasteiger partial charge < -0.3 is 9.84 Å². The van der Waals surface area contributed by atoms with Gasteiger partial charge in [0.25, 0.3) is 0 Å². The van der Waals surface area contributed by atoms with Crippen molar-refractivity contribution in [1.29, 1.82) is 0 Å². The van der Waals surface area contributed by atoms with Crippen molar-refractivity contribution in [1.82, 2.24) is 0 Å². The normalized spacial score (nSPS) is 13.2. The van der Waals surface area contributed by atoms with Crippen LogP contribution in [-0.4, -0.2) is 17.8 Å². The maximum Gasteiger partial charge on any atom is 0.112 e. The highest BCUT2D eigenvalue weighted by Gasteiger charge is 1.95. The molecule has 0 aliphatic rings. The molecule has 1 N–H and O–H groups in total. The van der Waals surface area contributed by atoms with Crippen LogP contribution in [0.15, 0.2) is 0 Å². The molecular weight excluding hydrogens is 164 g/mol. The highest BCUT2D eigenvalue weighted by Crippen LogP contribution is 2.05. The highest BCUT2D eigenvalue weighted by atomic mass is 16.5. The van der Waals surface area contributed by atoms with E-state index in [0.717, 1.165) is 13.0 Å². The van der Waals surface area contributed by atoms with E-state index in [4.69, 9.17) is 9.84 Å². The van der Waals surface area contributed by atoms with Crippen LogP contribution < -0.4 is 0 Å². The summed E-state index contributed by atoms with van der Waals surface area (Å²) in [5, 5.41) is 8.84. The fourth-order valence-corrected chi connectivity index (χ4v) is 1.17. The van der Waals surface area contributed by atoms with Crippen molar-refractivity contribution < 1.29 is 9.84 Å². The molecule has 0 rings (SSSR count). The summed E-state index contributed by atoms with van der Waals surface area (Å²) >= 11 is 0. The fraction of sp³-hybridized carbons (Fsp3) is 0.909. The molecule has 0 aliphatic carbocycles. The Morgan fingerprint density at radius 2 is 1.77 bits per heavy atom. The van der Waals surface area contributed by atoms with Crippen LogP contribution in [0.4, 0.5) is 0 Å². The molecule has 0 aromatic rings. The average Bonchev–Trinajstić information content (AvgIpc) is 2.09. The lowest BCUT2D eigenvalue weighted by Crippen LogP contribution is -2.04. The molecule has 0 saturated carbocycles. The van der Waals surface area contributed by atoms with E-state index in [1.54, 1.807) is 6.92 Å². The minimum atomic E-state index is -0.444. The second kappa shape index (κ2) is 10.0. The Balaban J connectivity index is 2.84. The van der Waals surface area contributed by atoms with Gasteiger partial charge in [-0.3, -0.25) is 0 Å². The smallest absolute Gasteiger partial charge is 0.112 e. The van der Waals surface area contributed by atoms with Crippen molar-refractivity contribution in [2.75, 3.05) is 6.61 Å². The quantitative estimate of drug-likeness (QED) is 0.562. The fourth-order valence-electron chi connectivity index (χ4n) is 1.17. The molecule has 2 nitrogen and oxygen atoms in total. The zero-order chi connectivity index (χ0) is 9.94. The van der Waals surface area contributed by atoms with Gasteiger partial charge in [0.1, 0.15) is 6.61 Å². The SMILES string of the molecule is CCCCCCCCO[CH]C(C)O. The number of rotatable bonds is 9. The van der Waals surface area contributed by atoms with Gasteiger partial charge in [-0.2, -0.15) is 0 Å². The van der Waals surface area contributed by atoms with Gasteiger partial charge in [-0.05, 0) is 13.3 Å². The first kappa shape index (κ1) is 12.9. The summed E-state index contributed by atoms with van der Waals surface area (Å²) in [6.07, 6.45) is 7.20. The summed E-state index contributed by atoms with van der Waals surface area (Å²) in [7, 11) is 0. The van der Waals surface area contributed by atoms with Crippen LogP contribution in [0, 0.1) is 6.61 Å². The van der Waals surface area contributed by atoms with Crippen LogP contribution >= 0.6 is 0 Å². The Kier molecular flexibility index (Phi) is 9.94. The molecule has 79 valence electrons. The molecule has 0 spiro atoms. The van der Waals surface area contributed by atoms with Gasteiger partial charge in [-0.15, -0.1) is 0 Å². The molecule has 0 aromatic carbocycles. The van der Waals surface area contributed by atoms with Crippen LogP contribution in [-0.2, 0) is 4.74 Å². The zero-order valence-corrected chi connectivity index (χ0v) is 8.96. The van der Waals surface area contributed by atoms with Crippen LogP contribution in [0.25, 0.3) is 0 Å². The average molecular weight is 187 g/mol. The molecule has 1 unspecified atom stereocenters. The molecule has 1 radical (unpaired) electrons. The lowest BCUT2D eigenvalue weighted by Gasteiger charge is -2.04. The van der Waals surface area contributed by atoms with Crippen molar-refractivity contribution in [3.05, 3.63) is 6.61 Å². The summed E-state index contributed by atoms with van der Waals surface area (Å²) in [5.41, 5.74) is 0. The van der Waals surface area contributed by atoms with Gasteiger partial charge in [-0.25, -0.2) is 0 Å². The minimum absolute atomic E-state index is 0.444. The lowest BCUT2D eigenvalue weighted by molar-refractivity contribution is 0.0999. The monoisotopic (exact) mass is 187 g/mol. The molecule has 0 heterocycles. The summed E-state index contributed by atoms with van der Waals surface area (Å²) < 4.78 is 5.13. The molecule has 0 saturated heterocycles. The van der Waals surface area contributed by atoms with Crippen LogP contribution in [0.3, 0.4) is 0 Å². The van der Waals surface area contributed by atoms with Crippen LogP contribution in [0.1, 0.15) is 52.4 Å². The number of aliphatic hydroxyl groups excluding tert-OH is 1. The largest absolute Gasteiger partial charge is 0.391 e. The highest BCUT2D eigenvalue weighted by molar-refractivity contribution is 4.57. The van der Waals surface area contributed by atoms with Gasteiger partial charge >= 0.3 is 0 Å². The third kappa shape index (κ3) is 11.9. The molecular formula is C11H23O2. The molecule has 2 heteroatoms. The molecule has 0 aliphatic heterocycles. The maximum absolute atomic E-state index is 8.84. The van der Waals surface area contributed by atoms with Crippen molar-refractivity contribution >= 4 is 0 Å². The van der Waals surface area contributed by atoms with Crippen molar-refractivity contribution in [2.24, 2.45) is 0 Å². The predicted molar refractivity (Wildman–Crippen MR) is 55.3 cm³/mol. The van der Waals surface area contributed by atoms with Gasteiger partial charge in [-0.1, -0.05) is 39.0 Å². The Morgan fingerprint density at radius 3 is 2.38 bits per heavy atom. The Labute approximate surface area is 82.3 Å². The maximum atomic E-state index is 8.84. The van der Waals surface area contributed by atoms with E-state index in [1.807, 2.05) is 0 Å². The third-order valence-corrected chi connectivity index (χ3v) is 1.91. The van der Waals surface area contributed by atoms with Crippen LogP contribution in [0.2, 0.25) is 0 Å². The first-order valence-corrected chi connectivity index (χ1v) is 5.40. The van der Waals surface area contributed by atoms with Crippen molar-refractivity contribution in [2.45, 2.75) is 58.5 Å². The topological polar surface area (TPSA) is 29.5 Å². The van der Waals surface area contributed by atoms with E-state index in [0.29, 0.717) is 0 Å². The second-order valence-corrected chi connectivity index (χ2v) is 3.52. The third-order valence-electron chi connectivity index (χ3n) is 1.91. The predicted octanol–water partition coefficient (Wildman–Crippen LogP) is 2.91. The number of unbranched alkanes of at least 4 members (excludes halogenated alkanes) is 5. The van der Waals surface area contributed by atoms with E-state index in [-0.39, 0.29) is 0 Å². The summed E-state index contributed by atoms with van der Waals surface area (Å²) in [6, 6.07) is 0. The molecule has 0 aromatic heterocycles. The first-order chi connectivity index (χ1) is 6.27. The minimum Gasteiger partial charge on any atom is -0.391 e. The lowest BCUT2D eigenvalue weighted by atomic mass is 10.1. The molecule has 0 bridgehead atoms. The first-order valence-electron chi connectivity index (χ1n) is 5.40. The number of ether oxygens (including phenoxy) is 1. The molecule has 0 amide bonds. The zero-order valence-electron chi connectivity index (χ0n) is 8.96. The van der Waals surface area contributed by atoms with E-state index in [9.17, 15) is 0 Å². The Bertz CT molecular complexity index is 92.1. The Morgan fingerprint density at radius 1 is 1.15 bits per heavy atom. The molecule has 13 heavy (non-hydrogen) atoms. The van der Waals surface area contributed by atoms with E-state index in [2.05, 4.69) is 6.92 Å². The standard InChI is InChI=1S/C11H23O2/c1-3-4-5-6-7-8-9-13-10-11(2)12/h10-12H,3-9H2,1-2H3. The molecule has 0 fully saturated rings. The van der Waals surface area contributed by atoms with Gasteiger partial charge in [0.05, 0.1) is 6.10 Å². The summed E-state index contributed by atoms with van der Waals surface area (Å²) in [5.74, 6) is 0. The van der Waals surface area contributed by atoms with Crippen molar-refractivity contribution in [3.8, 4) is 0 Å². The number of hydrogen-bond acceptors (Lipinski definition) is 2. The van der Waals surface area contributed by atoms with Crippen LogP contribution in [0.5, 0.6) is 0 Å². The van der Waals surface area contributed by atoms with E-state index >= 15 is 0 Å².